The van der Waals surface area contributed by atoms with Gasteiger partial charge in [0.1, 0.15) is 11.6 Å². The highest BCUT2D eigenvalue weighted by Gasteiger charge is 2.21. The van der Waals surface area contributed by atoms with Gasteiger partial charge >= 0.3 is 0 Å². The van der Waals surface area contributed by atoms with E-state index >= 15 is 0 Å². The minimum atomic E-state index is 0.643. The summed E-state index contributed by atoms with van der Waals surface area (Å²) in [6, 6.07) is 18.6. The zero-order valence-electron chi connectivity index (χ0n) is 18.1. The number of aromatic nitrogens is 4. The second-order valence-corrected chi connectivity index (χ2v) is 7.94. The minimum absolute atomic E-state index is 0.643. The van der Waals surface area contributed by atoms with Crippen molar-refractivity contribution in [2.75, 3.05) is 43.1 Å². The van der Waals surface area contributed by atoms with Crippen LogP contribution in [0.2, 0.25) is 0 Å². The number of nitrogens with zero attached hydrogens (tertiary/aromatic N) is 6. The lowest BCUT2D eigenvalue weighted by molar-refractivity contribution is 0.415. The second kappa shape index (κ2) is 7.91. The van der Waals surface area contributed by atoms with E-state index in [1.807, 2.05) is 35.7 Å². The van der Waals surface area contributed by atoms with Crippen molar-refractivity contribution in [3.8, 4) is 17.1 Å². The number of fused-ring (bicyclic) bond motifs is 1. The van der Waals surface area contributed by atoms with Crippen LogP contribution in [0.5, 0.6) is 5.75 Å². The Morgan fingerprint density at radius 1 is 0.839 bits per heavy atom. The van der Waals surface area contributed by atoms with Crippen molar-refractivity contribution in [3.05, 3.63) is 65.9 Å². The van der Waals surface area contributed by atoms with Crippen LogP contribution in [0.25, 0.3) is 17.2 Å². The van der Waals surface area contributed by atoms with Gasteiger partial charge in [-0.2, -0.15) is 9.50 Å². The third-order valence-electron chi connectivity index (χ3n) is 5.74. The second-order valence-electron chi connectivity index (χ2n) is 7.94. The smallest absolute Gasteiger partial charge is 0.254 e. The number of hydrogen-bond acceptors (Lipinski definition) is 6. The van der Waals surface area contributed by atoms with E-state index in [1.165, 1.54) is 11.3 Å². The maximum atomic E-state index is 5.28. The molecule has 1 aliphatic heterocycles. The Hall–Kier alpha value is -3.61. The average Bonchev–Trinajstić information content (AvgIpc) is 3.23. The zero-order valence-corrected chi connectivity index (χ0v) is 18.1. The molecular weight excluding hydrogens is 388 g/mol. The fourth-order valence-electron chi connectivity index (χ4n) is 4.09. The first-order valence-electron chi connectivity index (χ1n) is 10.6. The van der Waals surface area contributed by atoms with E-state index in [0.717, 1.165) is 49.0 Å². The number of methoxy groups -OCH3 is 1. The fourth-order valence-corrected chi connectivity index (χ4v) is 4.09. The summed E-state index contributed by atoms with van der Waals surface area (Å²) in [6.45, 7) is 7.78. The van der Waals surface area contributed by atoms with Crippen molar-refractivity contribution >= 4 is 17.3 Å². The molecule has 1 fully saturated rings. The molecule has 0 radical (unpaired) electrons. The van der Waals surface area contributed by atoms with Gasteiger partial charge in [-0.05, 0) is 44.2 Å². The van der Waals surface area contributed by atoms with Crippen molar-refractivity contribution in [3.63, 3.8) is 0 Å². The molecule has 1 aliphatic rings. The summed E-state index contributed by atoms with van der Waals surface area (Å²) in [5.41, 5.74) is 4.37. The van der Waals surface area contributed by atoms with Gasteiger partial charge in [0.15, 0.2) is 5.82 Å². The Balaban J connectivity index is 1.41. The largest absolute Gasteiger partial charge is 0.497 e. The Labute approximate surface area is 181 Å². The molecule has 2 aromatic carbocycles. The van der Waals surface area contributed by atoms with Gasteiger partial charge in [-0.3, -0.25) is 0 Å². The molecule has 1 saturated heterocycles. The molecule has 0 unspecified atom stereocenters. The molecule has 5 rings (SSSR count). The van der Waals surface area contributed by atoms with E-state index in [4.69, 9.17) is 14.8 Å². The van der Waals surface area contributed by atoms with Crippen LogP contribution in [-0.2, 0) is 0 Å². The quantitative estimate of drug-likeness (QED) is 0.507. The van der Waals surface area contributed by atoms with Crippen LogP contribution in [-0.4, -0.2) is 52.9 Å². The summed E-state index contributed by atoms with van der Waals surface area (Å²) >= 11 is 0. The fraction of sp³-hybridized carbons (Fsp3) is 0.292. The molecule has 7 heteroatoms. The standard InChI is InChI=1S/C24H26N6O/c1-17-5-4-6-19(15-17)23-26-24-25-18(2)16-22(30(24)27-23)29-13-11-28(12-14-29)20-7-9-21(31-3)10-8-20/h4-10,15-16H,11-14H2,1-3H3. The monoisotopic (exact) mass is 414 g/mol. The molecule has 0 saturated carbocycles. The maximum absolute atomic E-state index is 5.28. The van der Waals surface area contributed by atoms with Gasteiger partial charge in [-0.15, -0.1) is 5.10 Å². The number of ether oxygens (including phenoxy) is 1. The van der Waals surface area contributed by atoms with Crippen LogP contribution in [0.1, 0.15) is 11.3 Å². The summed E-state index contributed by atoms with van der Waals surface area (Å²) in [7, 11) is 1.69. The van der Waals surface area contributed by atoms with Gasteiger partial charge < -0.3 is 14.5 Å². The first kappa shape index (κ1) is 19.4. The van der Waals surface area contributed by atoms with Crippen LogP contribution < -0.4 is 14.5 Å². The van der Waals surface area contributed by atoms with E-state index in [0.29, 0.717) is 11.6 Å². The first-order chi connectivity index (χ1) is 15.1. The lowest BCUT2D eigenvalue weighted by Crippen LogP contribution is -2.47. The molecule has 0 N–H and O–H groups in total. The van der Waals surface area contributed by atoms with Gasteiger partial charge in [-0.1, -0.05) is 23.8 Å². The highest BCUT2D eigenvalue weighted by molar-refractivity contribution is 5.60. The molecule has 0 amide bonds. The SMILES string of the molecule is COc1ccc(N2CCN(c3cc(C)nc4nc(-c5cccc(C)c5)nn34)CC2)cc1. The van der Waals surface area contributed by atoms with E-state index in [-0.39, 0.29) is 0 Å². The Bertz CT molecular complexity index is 1210. The molecular formula is C24H26N6O. The van der Waals surface area contributed by atoms with Crippen LogP contribution in [0, 0.1) is 13.8 Å². The highest BCUT2D eigenvalue weighted by atomic mass is 16.5. The van der Waals surface area contributed by atoms with Crippen LogP contribution >= 0.6 is 0 Å². The van der Waals surface area contributed by atoms with E-state index in [9.17, 15) is 0 Å². The normalized spacial score (nSPS) is 14.3. The molecule has 0 spiro atoms. The lowest BCUT2D eigenvalue weighted by atomic mass is 10.1. The molecule has 31 heavy (non-hydrogen) atoms. The molecule has 3 heterocycles. The predicted octanol–water partition coefficient (Wildman–Crippen LogP) is 3.74. The number of hydrogen-bond donors (Lipinski definition) is 0. The Morgan fingerprint density at radius 2 is 1.58 bits per heavy atom. The summed E-state index contributed by atoms with van der Waals surface area (Å²) in [4.78, 5) is 14.1. The summed E-state index contributed by atoms with van der Waals surface area (Å²) in [5, 5.41) is 4.81. The summed E-state index contributed by atoms with van der Waals surface area (Å²) < 4.78 is 7.16. The lowest BCUT2D eigenvalue weighted by Gasteiger charge is -2.37. The molecule has 2 aromatic heterocycles. The minimum Gasteiger partial charge on any atom is -0.497 e. The maximum Gasteiger partial charge on any atom is 0.254 e. The van der Waals surface area contributed by atoms with Gasteiger partial charge in [0, 0.05) is 49.2 Å². The number of anilines is 2. The molecule has 7 nitrogen and oxygen atoms in total. The van der Waals surface area contributed by atoms with Crippen LogP contribution in [0.3, 0.4) is 0 Å². The van der Waals surface area contributed by atoms with Gasteiger partial charge in [0.25, 0.3) is 5.78 Å². The zero-order chi connectivity index (χ0) is 21.4. The third-order valence-corrected chi connectivity index (χ3v) is 5.74. The number of aryl methyl sites for hydroxylation is 2. The molecule has 4 aromatic rings. The number of piperazine rings is 1. The van der Waals surface area contributed by atoms with Crippen LogP contribution in [0.4, 0.5) is 11.5 Å². The van der Waals surface area contributed by atoms with Crippen molar-refractivity contribution < 1.29 is 4.74 Å². The van der Waals surface area contributed by atoms with E-state index in [2.05, 4.69) is 52.0 Å². The third kappa shape index (κ3) is 3.79. The summed E-state index contributed by atoms with van der Waals surface area (Å²) in [6.07, 6.45) is 0. The number of benzene rings is 2. The Morgan fingerprint density at radius 3 is 2.29 bits per heavy atom. The number of rotatable bonds is 4. The van der Waals surface area contributed by atoms with Gasteiger partial charge in [0.05, 0.1) is 7.11 Å². The average molecular weight is 415 g/mol. The summed E-state index contributed by atoms with van der Waals surface area (Å²) in [5.74, 6) is 3.28. The van der Waals surface area contributed by atoms with Crippen LogP contribution in [0.15, 0.2) is 54.6 Å². The van der Waals surface area contributed by atoms with E-state index in [1.54, 1.807) is 7.11 Å². The molecule has 158 valence electrons. The van der Waals surface area contributed by atoms with Gasteiger partial charge in [-0.25, -0.2) is 4.98 Å². The molecule has 0 atom stereocenters. The molecule has 0 bridgehead atoms. The Kier molecular flexibility index (Phi) is 4.94. The van der Waals surface area contributed by atoms with Gasteiger partial charge in [0.2, 0.25) is 0 Å². The van der Waals surface area contributed by atoms with E-state index < -0.39 is 0 Å². The van der Waals surface area contributed by atoms with Crippen molar-refractivity contribution in [1.82, 2.24) is 19.6 Å². The van der Waals surface area contributed by atoms with Crippen molar-refractivity contribution in [1.29, 1.82) is 0 Å². The predicted molar refractivity (Wildman–Crippen MR) is 123 cm³/mol. The van der Waals surface area contributed by atoms with Crippen molar-refractivity contribution in [2.24, 2.45) is 0 Å². The topological polar surface area (TPSA) is 58.8 Å². The molecule has 0 aliphatic carbocycles. The first-order valence-corrected chi connectivity index (χ1v) is 10.6. The highest BCUT2D eigenvalue weighted by Crippen LogP contribution is 2.25. The van der Waals surface area contributed by atoms with Crippen molar-refractivity contribution in [2.45, 2.75) is 13.8 Å².